The highest BCUT2D eigenvalue weighted by Crippen LogP contribution is 2.36. The quantitative estimate of drug-likeness (QED) is 0.192. The van der Waals surface area contributed by atoms with Gasteiger partial charge in [0, 0.05) is 24.1 Å². The van der Waals surface area contributed by atoms with Crippen LogP contribution >= 0.6 is 23.1 Å². The molecule has 2 aromatic heterocycles. The van der Waals surface area contributed by atoms with E-state index >= 15 is 0 Å². The van der Waals surface area contributed by atoms with Crippen molar-refractivity contribution in [2.75, 3.05) is 17.7 Å². The number of ether oxygens (including phenoxy) is 2. The normalized spacial score (nSPS) is 11.7. The van der Waals surface area contributed by atoms with Crippen molar-refractivity contribution in [2.45, 2.75) is 25.1 Å². The first-order chi connectivity index (χ1) is 18.3. The second kappa shape index (κ2) is 12.2. The molecule has 4 rings (SSSR count). The van der Waals surface area contributed by atoms with Gasteiger partial charge in [-0.2, -0.15) is 0 Å². The molecule has 0 aliphatic carbocycles. The van der Waals surface area contributed by atoms with Crippen LogP contribution in [-0.4, -0.2) is 39.0 Å². The molecule has 12 heteroatoms. The summed E-state index contributed by atoms with van der Waals surface area (Å²) in [5.41, 5.74) is 1.83. The summed E-state index contributed by atoms with van der Waals surface area (Å²) in [6, 6.07) is 12.4. The van der Waals surface area contributed by atoms with Crippen LogP contribution in [0.4, 0.5) is 13.8 Å². The Morgan fingerprint density at radius 1 is 1.16 bits per heavy atom. The Morgan fingerprint density at radius 2 is 1.92 bits per heavy atom. The van der Waals surface area contributed by atoms with Gasteiger partial charge < -0.3 is 19.4 Å². The predicted molar refractivity (Wildman–Crippen MR) is 141 cm³/mol. The minimum Gasteiger partial charge on any atom is -0.480 e. The van der Waals surface area contributed by atoms with Gasteiger partial charge in [-0.25, -0.2) is 13.6 Å². The maximum absolute atomic E-state index is 14.0. The molecule has 0 aliphatic heterocycles. The molecule has 2 heterocycles. The molecule has 0 fully saturated rings. The lowest BCUT2D eigenvalue weighted by Gasteiger charge is -2.14. The topological polar surface area (TPSA) is 95.3 Å². The number of carbonyl (C=O) groups is 2. The Hall–Kier alpha value is -3.77. The van der Waals surface area contributed by atoms with Crippen LogP contribution in [0.15, 0.2) is 59.1 Å². The maximum Gasteiger partial charge on any atom is 0.341 e. The van der Waals surface area contributed by atoms with Crippen LogP contribution < -0.4 is 10.1 Å². The van der Waals surface area contributed by atoms with E-state index in [-0.39, 0.29) is 24.0 Å². The van der Waals surface area contributed by atoms with Gasteiger partial charge >= 0.3 is 5.97 Å². The first-order valence-corrected chi connectivity index (χ1v) is 13.4. The molecular weight excluding hydrogens is 534 g/mol. The number of halogens is 2. The third-order valence-corrected chi connectivity index (χ3v) is 7.29. The summed E-state index contributed by atoms with van der Waals surface area (Å²) in [4.78, 5) is 25.5. The van der Waals surface area contributed by atoms with Crippen LogP contribution in [0.3, 0.4) is 0 Å². The number of nitrogens with zero attached hydrogens (tertiary/aromatic N) is 3. The molecule has 38 heavy (non-hydrogen) atoms. The smallest absolute Gasteiger partial charge is 0.341 e. The molecule has 0 saturated carbocycles. The average molecular weight is 559 g/mol. The zero-order chi connectivity index (χ0) is 27.2. The number of hydrogen-bond donors (Lipinski definition) is 1. The van der Waals surface area contributed by atoms with Crippen molar-refractivity contribution >= 4 is 40.0 Å². The number of benzene rings is 2. The van der Waals surface area contributed by atoms with Gasteiger partial charge in [0.1, 0.15) is 16.4 Å². The number of anilines is 1. The summed E-state index contributed by atoms with van der Waals surface area (Å²) in [6.45, 7) is 3.58. The SMILES string of the molecule is CCOC(=O)c1c(-c2ccccc2)csc1NC(=O)CSc1nnc(C(C)Oc2ccc(F)cc2F)n1C. The molecule has 1 amide bonds. The number of rotatable bonds is 10. The lowest BCUT2D eigenvalue weighted by molar-refractivity contribution is -0.113. The predicted octanol–water partition coefficient (Wildman–Crippen LogP) is 5.87. The van der Waals surface area contributed by atoms with Crippen LogP contribution in [-0.2, 0) is 16.6 Å². The third kappa shape index (κ3) is 6.20. The zero-order valence-electron chi connectivity index (χ0n) is 20.7. The van der Waals surface area contributed by atoms with Gasteiger partial charge in [-0.1, -0.05) is 42.1 Å². The number of nitrogens with one attached hydrogen (secondary N) is 1. The van der Waals surface area contributed by atoms with E-state index in [9.17, 15) is 18.4 Å². The van der Waals surface area contributed by atoms with Crippen molar-refractivity contribution in [3.05, 3.63) is 76.9 Å². The van der Waals surface area contributed by atoms with E-state index in [1.807, 2.05) is 35.7 Å². The molecule has 2 aromatic carbocycles. The number of amides is 1. The zero-order valence-corrected chi connectivity index (χ0v) is 22.4. The monoisotopic (exact) mass is 558 g/mol. The van der Waals surface area contributed by atoms with Gasteiger partial charge in [-0.3, -0.25) is 4.79 Å². The van der Waals surface area contributed by atoms with Crippen LogP contribution in [0, 0.1) is 11.6 Å². The fourth-order valence-corrected chi connectivity index (χ4v) is 5.29. The Labute approximate surface area is 226 Å². The summed E-state index contributed by atoms with van der Waals surface area (Å²) in [5.74, 6) is -2.10. The molecule has 0 bridgehead atoms. The van der Waals surface area contributed by atoms with Gasteiger partial charge in [0.2, 0.25) is 5.91 Å². The van der Waals surface area contributed by atoms with Crippen molar-refractivity contribution in [3.8, 4) is 16.9 Å². The molecule has 0 saturated heterocycles. The van der Waals surface area contributed by atoms with Crippen LogP contribution in [0.2, 0.25) is 0 Å². The lowest BCUT2D eigenvalue weighted by atomic mass is 10.0. The molecule has 4 aromatic rings. The fourth-order valence-electron chi connectivity index (χ4n) is 3.60. The Balaban J connectivity index is 1.43. The van der Waals surface area contributed by atoms with Crippen molar-refractivity contribution in [1.82, 2.24) is 14.8 Å². The molecular formula is C26H24F2N4O4S2. The molecule has 8 nitrogen and oxygen atoms in total. The largest absolute Gasteiger partial charge is 0.480 e. The molecule has 0 aliphatic rings. The van der Waals surface area contributed by atoms with Gasteiger partial charge in [-0.15, -0.1) is 21.5 Å². The second-order valence-electron chi connectivity index (χ2n) is 8.01. The Morgan fingerprint density at radius 3 is 2.63 bits per heavy atom. The summed E-state index contributed by atoms with van der Waals surface area (Å²) in [7, 11) is 1.70. The van der Waals surface area contributed by atoms with Crippen molar-refractivity contribution in [2.24, 2.45) is 7.05 Å². The Bertz CT molecular complexity index is 1440. The Kier molecular flexibility index (Phi) is 8.74. The van der Waals surface area contributed by atoms with Crippen LogP contribution in [0.5, 0.6) is 5.75 Å². The average Bonchev–Trinajstić information content (AvgIpc) is 3.48. The molecule has 0 radical (unpaired) electrons. The first kappa shape index (κ1) is 27.3. The number of aromatic nitrogens is 3. The number of thiophene rings is 1. The van der Waals surface area contributed by atoms with Gasteiger partial charge in [0.15, 0.2) is 28.7 Å². The molecule has 1 atom stereocenters. The number of hydrogen-bond acceptors (Lipinski definition) is 8. The second-order valence-corrected chi connectivity index (χ2v) is 9.83. The van der Waals surface area contributed by atoms with Gasteiger partial charge in [0.05, 0.1) is 12.4 Å². The van der Waals surface area contributed by atoms with Crippen molar-refractivity contribution in [1.29, 1.82) is 0 Å². The van der Waals surface area contributed by atoms with Crippen LogP contribution in [0.25, 0.3) is 11.1 Å². The molecule has 198 valence electrons. The van der Waals surface area contributed by atoms with E-state index in [4.69, 9.17) is 9.47 Å². The van der Waals surface area contributed by atoms with Crippen molar-refractivity contribution in [3.63, 3.8) is 0 Å². The van der Waals surface area contributed by atoms with Gasteiger partial charge in [-0.05, 0) is 31.5 Å². The third-order valence-electron chi connectivity index (χ3n) is 5.37. The first-order valence-electron chi connectivity index (χ1n) is 11.6. The summed E-state index contributed by atoms with van der Waals surface area (Å²) in [5, 5.41) is 13.6. The van der Waals surface area contributed by atoms with E-state index in [0.29, 0.717) is 27.1 Å². The number of carbonyl (C=O) groups excluding carboxylic acids is 2. The summed E-state index contributed by atoms with van der Waals surface area (Å²) < 4.78 is 39.6. The highest BCUT2D eigenvalue weighted by Gasteiger charge is 2.24. The molecule has 1 unspecified atom stereocenters. The standard InChI is InChI=1S/C26H24F2N4O4S2/c1-4-35-25(34)22-18(16-8-6-5-7-9-16)13-37-24(22)29-21(33)14-38-26-31-30-23(32(26)3)15(2)36-20-11-10-17(27)12-19(20)28/h5-13,15H,4,14H2,1-3H3,(H,29,33). The van der Waals surface area contributed by atoms with Gasteiger partial charge in [0.25, 0.3) is 0 Å². The highest BCUT2D eigenvalue weighted by atomic mass is 32.2. The summed E-state index contributed by atoms with van der Waals surface area (Å²) in [6.07, 6.45) is -0.690. The highest BCUT2D eigenvalue weighted by molar-refractivity contribution is 7.99. The molecule has 1 N–H and O–H groups in total. The van der Waals surface area contributed by atoms with Crippen LogP contribution in [0.1, 0.15) is 36.1 Å². The minimum atomic E-state index is -0.823. The van der Waals surface area contributed by atoms with E-state index in [0.717, 1.165) is 29.5 Å². The maximum atomic E-state index is 14.0. The minimum absolute atomic E-state index is 0.00532. The van der Waals surface area contributed by atoms with E-state index in [1.165, 1.54) is 17.4 Å². The fraction of sp³-hybridized carbons (Fsp3) is 0.231. The number of esters is 1. The van der Waals surface area contributed by atoms with E-state index in [2.05, 4.69) is 15.5 Å². The summed E-state index contributed by atoms with van der Waals surface area (Å²) >= 11 is 2.38. The van der Waals surface area contributed by atoms with E-state index in [1.54, 1.807) is 25.5 Å². The molecule has 0 spiro atoms. The lowest BCUT2D eigenvalue weighted by Crippen LogP contribution is -2.17. The van der Waals surface area contributed by atoms with Crippen molar-refractivity contribution < 1.29 is 27.8 Å². The number of thioether (sulfide) groups is 1. The van der Waals surface area contributed by atoms with E-state index < -0.39 is 23.7 Å².